The maximum atomic E-state index is 13.8. The lowest BCUT2D eigenvalue weighted by molar-refractivity contribution is 0.598. The number of halogens is 1. The van der Waals surface area contributed by atoms with Crippen molar-refractivity contribution in [3.63, 3.8) is 0 Å². The third-order valence-corrected chi connectivity index (χ3v) is 3.10. The quantitative estimate of drug-likeness (QED) is 0.903. The molecule has 0 fully saturated rings. The normalized spacial score (nSPS) is 10.5. The highest BCUT2D eigenvalue weighted by Gasteiger charge is 2.06. The van der Waals surface area contributed by atoms with Crippen molar-refractivity contribution in [1.82, 2.24) is 15.3 Å². The van der Waals surface area contributed by atoms with E-state index in [1.165, 1.54) is 17.8 Å². The molecule has 0 saturated heterocycles. The van der Waals surface area contributed by atoms with Gasteiger partial charge in [0.1, 0.15) is 10.8 Å². The standard InChI is InChI=1S/C12H12FN3S/c1-14-7-9-2-3-11(10(13)6-9)17-12-8-15-4-5-16-12/h2-6,8,14H,7H2,1H3. The molecule has 0 radical (unpaired) electrons. The Hall–Kier alpha value is -1.46. The molecule has 0 bridgehead atoms. The van der Waals surface area contributed by atoms with Gasteiger partial charge >= 0.3 is 0 Å². The summed E-state index contributed by atoms with van der Waals surface area (Å²) in [6.07, 6.45) is 4.80. The summed E-state index contributed by atoms with van der Waals surface area (Å²) in [5.74, 6) is -0.228. The summed E-state index contributed by atoms with van der Waals surface area (Å²) in [6.45, 7) is 0.660. The molecule has 0 amide bonds. The van der Waals surface area contributed by atoms with E-state index < -0.39 is 0 Å². The Morgan fingerprint density at radius 1 is 1.35 bits per heavy atom. The van der Waals surface area contributed by atoms with Crippen LogP contribution in [0.1, 0.15) is 5.56 Å². The van der Waals surface area contributed by atoms with Gasteiger partial charge in [0.15, 0.2) is 0 Å². The van der Waals surface area contributed by atoms with Crippen molar-refractivity contribution in [2.45, 2.75) is 16.5 Å². The van der Waals surface area contributed by atoms with Gasteiger partial charge in [-0.2, -0.15) is 0 Å². The first kappa shape index (κ1) is 12.0. The van der Waals surface area contributed by atoms with Crippen LogP contribution < -0.4 is 5.32 Å². The van der Waals surface area contributed by atoms with Crippen molar-refractivity contribution in [3.05, 3.63) is 48.2 Å². The summed E-state index contributed by atoms with van der Waals surface area (Å²) in [5, 5.41) is 3.67. The highest BCUT2D eigenvalue weighted by molar-refractivity contribution is 7.99. The van der Waals surface area contributed by atoms with Gasteiger partial charge in [0.25, 0.3) is 0 Å². The van der Waals surface area contributed by atoms with Crippen molar-refractivity contribution in [3.8, 4) is 0 Å². The van der Waals surface area contributed by atoms with Crippen LogP contribution in [0.2, 0.25) is 0 Å². The van der Waals surface area contributed by atoms with Gasteiger partial charge in [0, 0.05) is 23.8 Å². The Bertz CT molecular complexity index is 490. The van der Waals surface area contributed by atoms with Crippen LogP contribution in [-0.4, -0.2) is 17.0 Å². The van der Waals surface area contributed by atoms with Gasteiger partial charge in [0.2, 0.25) is 0 Å². The van der Waals surface area contributed by atoms with Gasteiger partial charge in [-0.15, -0.1) is 0 Å². The van der Waals surface area contributed by atoms with Crippen LogP contribution >= 0.6 is 11.8 Å². The molecule has 88 valence electrons. The largest absolute Gasteiger partial charge is 0.316 e. The van der Waals surface area contributed by atoms with Crippen molar-refractivity contribution < 1.29 is 4.39 Å². The zero-order valence-electron chi connectivity index (χ0n) is 9.35. The predicted molar refractivity (Wildman–Crippen MR) is 65.3 cm³/mol. The molecule has 0 aliphatic carbocycles. The summed E-state index contributed by atoms with van der Waals surface area (Å²) in [5.41, 5.74) is 0.925. The van der Waals surface area contributed by atoms with E-state index in [-0.39, 0.29) is 5.82 Å². The molecule has 1 N–H and O–H groups in total. The van der Waals surface area contributed by atoms with Crippen molar-refractivity contribution in [1.29, 1.82) is 0 Å². The van der Waals surface area contributed by atoms with E-state index in [1.807, 2.05) is 13.1 Å². The average molecular weight is 249 g/mol. The number of rotatable bonds is 4. The molecule has 17 heavy (non-hydrogen) atoms. The van der Waals surface area contributed by atoms with Gasteiger partial charge in [-0.3, -0.25) is 4.98 Å². The molecule has 0 saturated carbocycles. The van der Waals surface area contributed by atoms with Crippen molar-refractivity contribution >= 4 is 11.8 Å². The Morgan fingerprint density at radius 3 is 2.88 bits per heavy atom. The van der Waals surface area contributed by atoms with E-state index in [4.69, 9.17) is 0 Å². The van der Waals surface area contributed by atoms with Gasteiger partial charge in [-0.05, 0) is 24.7 Å². The van der Waals surface area contributed by atoms with Crippen LogP contribution in [0.3, 0.4) is 0 Å². The monoisotopic (exact) mass is 249 g/mol. The topological polar surface area (TPSA) is 37.8 Å². The van der Waals surface area contributed by atoms with E-state index in [9.17, 15) is 4.39 Å². The Kier molecular flexibility index (Phi) is 4.06. The summed E-state index contributed by atoms with van der Waals surface area (Å²) in [4.78, 5) is 8.60. The lowest BCUT2D eigenvalue weighted by atomic mass is 10.2. The molecular weight excluding hydrogens is 237 g/mol. The summed E-state index contributed by atoms with van der Waals surface area (Å²) in [7, 11) is 1.83. The van der Waals surface area contributed by atoms with Crippen LogP contribution in [0.15, 0.2) is 46.7 Å². The van der Waals surface area contributed by atoms with E-state index in [0.29, 0.717) is 16.5 Å². The molecule has 2 rings (SSSR count). The molecule has 2 aromatic rings. The summed E-state index contributed by atoms with van der Waals surface area (Å²) in [6, 6.07) is 5.20. The smallest absolute Gasteiger partial charge is 0.137 e. The molecule has 5 heteroatoms. The number of nitrogens with one attached hydrogen (secondary N) is 1. The Morgan fingerprint density at radius 2 is 2.24 bits per heavy atom. The minimum atomic E-state index is -0.228. The second-order valence-electron chi connectivity index (χ2n) is 3.44. The lowest BCUT2D eigenvalue weighted by Crippen LogP contribution is -2.05. The molecular formula is C12H12FN3S. The van der Waals surface area contributed by atoms with Crippen molar-refractivity contribution in [2.24, 2.45) is 0 Å². The van der Waals surface area contributed by atoms with E-state index in [2.05, 4.69) is 15.3 Å². The highest BCUT2D eigenvalue weighted by Crippen LogP contribution is 2.28. The number of hydrogen-bond donors (Lipinski definition) is 1. The number of nitrogens with zero attached hydrogens (tertiary/aromatic N) is 2. The first-order valence-electron chi connectivity index (χ1n) is 5.16. The van der Waals surface area contributed by atoms with Crippen LogP contribution in [0.25, 0.3) is 0 Å². The lowest BCUT2D eigenvalue weighted by Gasteiger charge is -2.05. The maximum Gasteiger partial charge on any atom is 0.137 e. The highest BCUT2D eigenvalue weighted by atomic mass is 32.2. The second-order valence-corrected chi connectivity index (χ2v) is 4.50. The second kappa shape index (κ2) is 5.75. The van der Waals surface area contributed by atoms with E-state index in [1.54, 1.807) is 24.7 Å². The van der Waals surface area contributed by atoms with Gasteiger partial charge in [-0.1, -0.05) is 17.8 Å². The third-order valence-electron chi connectivity index (χ3n) is 2.13. The number of benzene rings is 1. The third kappa shape index (κ3) is 3.25. The molecule has 3 nitrogen and oxygen atoms in total. The fourth-order valence-electron chi connectivity index (χ4n) is 1.39. The zero-order valence-corrected chi connectivity index (χ0v) is 10.2. The molecule has 0 aliphatic rings. The fraction of sp³-hybridized carbons (Fsp3) is 0.167. The van der Waals surface area contributed by atoms with Crippen molar-refractivity contribution in [2.75, 3.05) is 7.05 Å². The molecule has 0 spiro atoms. The Labute approximate surface area is 103 Å². The molecule has 0 unspecified atom stereocenters. The predicted octanol–water partition coefficient (Wildman–Crippen LogP) is 2.49. The van der Waals surface area contributed by atoms with Crippen LogP contribution in [0.4, 0.5) is 4.39 Å². The number of hydrogen-bond acceptors (Lipinski definition) is 4. The van der Waals surface area contributed by atoms with Crippen LogP contribution in [0, 0.1) is 5.82 Å². The molecule has 0 atom stereocenters. The molecule has 1 aromatic carbocycles. The fourth-order valence-corrected chi connectivity index (χ4v) is 2.14. The molecule has 1 heterocycles. The molecule has 1 aromatic heterocycles. The maximum absolute atomic E-state index is 13.8. The van der Waals surface area contributed by atoms with Gasteiger partial charge in [-0.25, -0.2) is 9.37 Å². The van der Waals surface area contributed by atoms with E-state index >= 15 is 0 Å². The minimum Gasteiger partial charge on any atom is -0.316 e. The van der Waals surface area contributed by atoms with Gasteiger partial charge in [0.05, 0.1) is 6.20 Å². The summed E-state index contributed by atoms with van der Waals surface area (Å²) < 4.78 is 13.8. The van der Waals surface area contributed by atoms with Crippen LogP contribution in [0.5, 0.6) is 0 Å². The summed E-state index contributed by atoms with van der Waals surface area (Å²) >= 11 is 1.27. The minimum absolute atomic E-state index is 0.228. The zero-order chi connectivity index (χ0) is 12.1. The first-order chi connectivity index (χ1) is 8.29. The van der Waals surface area contributed by atoms with Crippen LogP contribution in [-0.2, 0) is 6.54 Å². The first-order valence-corrected chi connectivity index (χ1v) is 5.98. The van der Waals surface area contributed by atoms with Gasteiger partial charge < -0.3 is 5.32 Å². The van der Waals surface area contributed by atoms with E-state index in [0.717, 1.165) is 5.56 Å². The Balaban J connectivity index is 2.17. The SMILES string of the molecule is CNCc1ccc(Sc2cnccn2)c(F)c1. The average Bonchev–Trinajstić information content (AvgIpc) is 2.34. The number of aromatic nitrogens is 2. The molecule has 0 aliphatic heterocycles.